The molecule has 30 heavy (non-hydrogen) atoms. The number of hydrogen-bond acceptors (Lipinski definition) is 5. The molecule has 0 saturated heterocycles. The summed E-state index contributed by atoms with van der Waals surface area (Å²) in [5.74, 6) is -0.796. The second kappa shape index (κ2) is 9.70. The van der Waals surface area contributed by atoms with E-state index in [4.69, 9.17) is 11.6 Å². The highest BCUT2D eigenvalue weighted by molar-refractivity contribution is 7.11. The van der Waals surface area contributed by atoms with E-state index in [0.717, 1.165) is 22.1 Å². The Morgan fingerprint density at radius 2 is 2.13 bits per heavy atom. The number of halogens is 2. The molecular weight excluding hydrogens is 427 g/mol. The zero-order valence-corrected chi connectivity index (χ0v) is 18.6. The van der Waals surface area contributed by atoms with Crippen molar-refractivity contribution in [3.05, 3.63) is 62.4 Å². The van der Waals surface area contributed by atoms with Crippen molar-refractivity contribution >= 4 is 28.8 Å². The van der Waals surface area contributed by atoms with Gasteiger partial charge in [-0.3, -0.25) is 4.79 Å². The highest BCUT2D eigenvalue weighted by Gasteiger charge is 2.21. The van der Waals surface area contributed by atoms with Crippen LogP contribution in [0.3, 0.4) is 0 Å². The Kier molecular flexibility index (Phi) is 7.25. The summed E-state index contributed by atoms with van der Waals surface area (Å²) in [5, 5.41) is 13.3. The Bertz CT molecular complexity index is 1030. The number of carbonyl (C=O) groups excluding carboxylic acids is 1. The minimum Gasteiger partial charge on any atom is -0.391 e. The third-order valence-electron chi connectivity index (χ3n) is 4.68. The maximum atomic E-state index is 13.8. The number of nitrogens with one attached hydrogen (secondary N) is 2. The summed E-state index contributed by atoms with van der Waals surface area (Å²) < 4.78 is 13.8. The van der Waals surface area contributed by atoms with Gasteiger partial charge < -0.3 is 20.3 Å². The van der Waals surface area contributed by atoms with Crippen LogP contribution >= 0.6 is 22.9 Å². The predicted molar refractivity (Wildman–Crippen MR) is 117 cm³/mol. The Balaban J connectivity index is 1.79. The van der Waals surface area contributed by atoms with Gasteiger partial charge in [-0.25, -0.2) is 9.37 Å². The summed E-state index contributed by atoms with van der Waals surface area (Å²) in [6, 6.07) is 7.59. The molecule has 6 nitrogen and oxygen atoms in total. The summed E-state index contributed by atoms with van der Waals surface area (Å²) in [5.41, 5.74) is 2.36. The zero-order valence-electron chi connectivity index (χ0n) is 17.0. The van der Waals surface area contributed by atoms with Crippen molar-refractivity contribution in [3.63, 3.8) is 0 Å². The van der Waals surface area contributed by atoms with E-state index < -0.39 is 5.82 Å². The van der Waals surface area contributed by atoms with Crippen LogP contribution in [0.15, 0.2) is 30.3 Å². The standard InChI is InChI=1S/C21H24ClFN4O2S/c1-12-19(11-28)30-21(24-12)18(8-9-27(2)3)26-20(29)17-7-6-16(25-17)13-4-5-14(22)15(23)10-13/h4-7,10,18,25,28H,8-9,11H2,1-3H3,(H,26,29). The number of aryl methyl sites for hydroxylation is 1. The number of H-pyrrole nitrogens is 1. The number of aromatic amines is 1. The van der Waals surface area contributed by atoms with Crippen molar-refractivity contribution in [2.75, 3.05) is 20.6 Å². The number of rotatable bonds is 8. The molecule has 0 saturated carbocycles. The predicted octanol–water partition coefficient (Wildman–Crippen LogP) is 4.15. The first-order valence-electron chi connectivity index (χ1n) is 9.45. The topological polar surface area (TPSA) is 81.2 Å². The van der Waals surface area contributed by atoms with E-state index in [-0.39, 0.29) is 23.6 Å². The largest absolute Gasteiger partial charge is 0.391 e. The van der Waals surface area contributed by atoms with Crippen LogP contribution in [0, 0.1) is 12.7 Å². The van der Waals surface area contributed by atoms with E-state index in [2.05, 4.69) is 15.3 Å². The maximum absolute atomic E-state index is 13.8. The van der Waals surface area contributed by atoms with E-state index in [1.165, 1.54) is 23.5 Å². The van der Waals surface area contributed by atoms with Crippen molar-refractivity contribution < 1.29 is 14.3 Å². The Labute approximate surface area is 183 Å². The normalized spacial score (nSPS) is 12.4. The smallest absolute Gasteiger partial charge is 0.268 e. The number of amides is 1. The fourth-order valence-electron chi connectivity index (χ4n) is 2.99. The van der Waals surface area contributed by atoms with Crippen molar-refractivity contribution in [2.24, 2.45) is 0 Å². The van der Waals surface area contributed by atoms with Crippen LogP contribution in [0.5, 0.6) is 0 Å². The van der Waals surface area contributed by atoms with Crippen LogP contribution in [-0.4, -0.2) is 46.5 Å². The molecule has 1 amide bonds. The molecule has 0 aliphatic carbocycles. The molecule has 0 aliphatic heterocycles. The molecule has 0 aliphatic rings. The number of hydrogen-bond donors (Lipinski definition) is 3. The molecular formula is C21H24ClFN4O2S. The molecule has 0 fully saturated rings. The van der Waals surface area contributed by atoms with Crippen LogP contribution in [0.4, 0.5) is 4.39 Å². The molecule has 2 heterocycles. The number of thiazole rings is 1. The molecule has 0 bridgehead atoms. The summed E-state index contributed by atoms with van der Waals surface area (Å²) in [6.45, 7) is 2.53. The van der Waals surface area contributed by atoms with Gasteiger partial charge in [0.1, 0.15) is 16.5 Å². The molecule has 9 heteroatoms. The van der Waals surface area contributed by atoms with E-state index in [1.807, 2.05) is 25.9 Å². The molecule has 0 radical (unpaired) electrons. The number of aliphatic hydroxyl groups is 1. The molecule has 160 valence electrons. The molecule has 1 aromatic carbocycles. The van der Waals surface area contributed by atoms with Gasteiger partial charge in [-0.05, 0) is 58.3 Å². The Morgan fingerprint density at radius 1 is 1.37 bits per heavy atom. The van der Waals surface area contributed by atoms with E-state index in [9.17, 15) is 14.3 Å². The lowest BCUT2D eigenvalue weighted by Crippen LogP contribution is -2.31. The second-order valence-corrected chi connectivity index (χ2v) is 8.77. The first kappa shape index (κ1) is 22.4. The minimum atomic E-state index is -0.516. The SMILES string of the molecule is Cc1nc(C(CCN(C)C)NC(=O)c2ccc(-c3ccc(Cl)c(F)c3)[nH]2)sc1CO. The third-order valence-corrected chi connectivity index (χ3v) is 6.24. The van der Waals surface area contributed by atoms with Gasteiger partial charge in [0.15, 0.2) is 0 Å². The number of aliphatic hydroxyl groups excluding tert-OH is 1. The first-order valence-corrected chi connectivity index (χ1v) is 10.6. The van der Waals surface area contributed by atoms with Gasteiger partial charge in [0.05, 0.1) is 28.2 Å². The van der Waals surface area contributed by atoms with E-state index in [0.29, 0.717) is 23.4 Å². The molecule has 2 aromatic heterocycles. The van der Waals surface area contributed by atoms with Crippen molar-refractivity contribution in [2.45, 2.75) is 26.0 Å². The molecule has 1 unspecified atom stereocenters. The fourth-order valence-corrected chi connectivity index (χ4v) is 4.12. The monoisotopic (exact) mass is 450 g/mol. The molecule has 0 spiro atoms. The molecule has 3 rings (SSSR count). The number of benzene rings is 1. The number of nitrogens with zero attached hydrogens (tertiary/aromatic N) is 2. The van der Waals surface area contributed by atoms with Gasteiger partial charge in [-0.1, -0.05) is 17.7 Å². The lowest BCUT2D eigenvalue weighted by Gasteiger charge is -2.18. The van der Waals surface area contributed by atoms with E-state index >= 15 is 0 Å². The summed E-state index contributed by atoms with van der Waals surface area (Å²) in [6.07, 6.45) is 0.673. The van der Waals surface area contributed by atoms with Crippen LogP contribution in [0.25, 0.3) is 11.3 Å². The molecule has 1 atom stereocenters. The molecule has 3 aromatic rings. The van der Waals surface area contributed by atoms with E-state index in [1.54, 1.807) is 18.2 Å². The van der Waals surface area contributed by atoms with Crippen molar-refractivity contribution in [3.8, 4) is 11.3 Å². The zero-order chi connectivity index (χ0) is 21.8. The average Bonchev–Trinajstić information content (AvgIpc) is 3.34. The van der Waals surface area contributed by atoms with Crippen LogP contribution in [0.2, 0.25) is 5.02 Å². The highest BCUT2D eigenvalue weighted by atomic mass is 35.5. The average molecular weight is 451 g/mol. The van der Waals surface area contributed by atoms with Gasteiger partial charge in [-0.15, -0.1) is 11.3 Å². The quantitative estimate of drug-likeness (QED) is 0.481. The lowest BCUT2D eigenvalue weighted by molar-refractivity contribution is 0.0928. The van der Waals surface area contributed by atoms with Crippen molar-refractivity contribution in [1.82, 2.24) is 20.2 Å². The number of carbonyl (C=O) groups is 1. The van der Waals surface area contributed by atoms with Crippen LogP contribution < -0.4 is 5.32 Å². The number of aromatic nitrogens is 2. The van der Waals surface area contributed by atoms with Gasteiger partial charge in [0.25, 0.3) is 5.91 Å². The Hall–Kier alpha value is -2.26. The maximum Gasteiger partial charge on any atom is 0.268 e. The summed E-state index contributed by atoms with van der Waals surface area (Å²) in [7, 11) is 3.93. The first-order chi connectivity index (χ1) is 14.3. The van der Waals surface area contributed by atoms with Gasteiger partial charge in [-0.2, -0.15) is 0 Å². The summed E-state index contributed by atoms with van der Waals surface area (Å²) in [4.78, 5) is 23.3. The lowest BCUT2D eigenvalue weighted by atomic mass is 10.1. The summed E-state index contributed by atoms with van der Waals surface area (Å²) >= 11 is 7.14. The van der Waals surface area contributed by atoms with Gasteiger partial charge in [0, 0.05) is 11.3 Å². The van der Waals surface area contributed by atoms with Gasteiger partial charge >= 0.3 is 0 Å². The fraction of sp³-hybridized carbons (Fsp3) is 0.333. The molecule has 3 N–H and O–H groups in total. The van der Waals surface area contributed by atoms with Crippen LogP contribution in [-0.2, 0) is 6.61 Å². The van der Waals surface area contributed by atoms with Crippen LogP contribution in [0.1, 0.15) is 38.5 Å². The van der Waals surface area contributed by atoms with Gasteiger partial charge in [0.2, 0.25) is 0 Å². The Morgan fingerprint density at radius 3 is 2.77 bits per heavy atom. The minimum absolute atomic E-state index is 0.0491. The highest BCUT2D eigenvalue weighted by Crippen LogP contribution is 2.27. The van der Waals surface area contributed by atoms with Crippen molar-refractivity contribution in [1.29, 1.82) is 0 Å². The third kappa shape index (κ3) is 5.26. The second-order valence-electron chi connectivity index (χ2n) is 7.25.